The van der Waals surface area contributed by atoms with Crippen LogP contribution in [0.4, 0.5) is 21.7 Å². The summed E-state index contributed by atoms with van der Waals surface area (Å²) in [7, 11) is 0. The SMILES string of the molecule is O=C(NNc1ncnc(N2CCN(CCO)CC2)c1[N+](=O)[O-])c1ccc(F)cc1. The zero-order valence-corrected chi connectivity index (χ0v) is 15.4. The lowest BCUT2D eigenvalue weighted by Crippen LogP contribution is -2.47. The average molecular weight is 405 g/mol. The number of anilines is 2. The molecule has 0 unspecified atom stereocenters. The molecule has 154 valence electrons. The molecule has 3 N–H and O–H groups in total. The maximum Gasteiger partial charge on any atom is 0.355 e. The molecule has 2 aromatic rings. The molecule has 1 aromatic carbocycles. The minimum atomic E-state index is -0.609. The highest BCUT2D eigenvalue weighted by Gasteiger charge is 2.29. The summed E-state index contributed by atoms with van der Waals surface area (Å²) in [5.74, 6) is -1.10. The summed E-state index contributed by atoms with van der Waals surface area (Å²) in [5, 5.41) is 20.7. The molecule has 1 aromatic heterocycles. The van der Waals surface area contributed by atoms with Crippen LogP contribution in [0, 0.1) is 15.9 Å². The first-order chi connectivity index (χ1) is 14.0. The highest BCUT2D eigenvalue weighted by atomic mass is 19.1. The number of benzene rings is 1. The molecular formula is C17H20FN7O4. The van der Waals surface area contributed by atoms with Crippen molar-refractivity contribution in [2.75, 3.05) is 49.7 Å². The lowest BCUT2D eigenvalue weighted by molar-refractivity contribution is -0.383. The fourth-order valence-electron chi connectivity index (χ4n) is 2.97. The summed E-state index contributed by atoms with van der Waals surface area (Å²) in [4.78, 5) is 34.9. The van der Waals surface area contributed by atoms with Gasteiger partial charge in [-0.2, -0.15) is 0 Å². The zero-order chi connectivity index (χ0) is 20.8. The zero-order valence-electron chi connectivity index (χ0n) is 15.4. The minimum absolute atomic E-state index is 0.0511. The number of aliphatic hydroxyl groups is 1. The minimum Gasteiger partial charge on any atom is -0.395 e. The molecule has 1 aliphatic heterocycles. The first-order valence-electron chi connectivity index (χ1n) is 8.89. The Bertz CT molecular complexity index is 873. The predicted octanol–water partition coefficient (Wildman–Crippen LogP) is 0.395. The van der Waals surface area contributed by atoms with Crippen molar-refractivity contribution in [1.29, 1.82) is 0 Å². The Hall–Kier alpha value is -3.38. The van der Waals surface area contributed by atoms with Gasteiger partial charge in [0.1, 0.15) is 12.1 Å². The monoisotopic (exact) mass is 405 g/mol. The summed E-state index contributed by atoms with van der Waals surface area (Å²) in [6.45, 7) is 2.85. The van der Waals surface area contributed by atoms with E-state index in [0.717, 1.165) is 12.1 Å². The number of piperazine rings is 1. The number of hydrogen-bond acceptors (Lipinski definition) is 9. The Balaban J connectivity index is 1.74. The van der Waals surface area contributed by atoms with Gasteiger partial charge in [-0.15, -0.1) is 0 Å². The molecule has 0 atom stereocenters. The van der Waals surface area contributed by atoms with Gasteiger partial charge in [0.15, 0.2) is 0 Å². The smallest absolute Gasteiger partial charge is 0.355 e. The van der Waals surface area contributed by atoms with Crippen molar-refractivity contribution in [1.82, 2.24) is 20.3 Å². The van der Waals surface area contributed by atoms with Crippen molar-refractivity contribution in [3.05, 3.63) is 52.1 Å². The number of halogens is 1. The molecular weight excluding hydrogens is 385 g/mol. The van der Waals surface area contributed by atoms with Crippen molar-refractivity contribution < 1.29 is 19.2 Å². The Morgan fingerprint density at radius 2 is 1.90 bits per heavy atom. The van der Waals surface area contributed by atoms with Crippen LogP contribution in [0.2, 0.25) is 0 Å². The van der Waals surface area contributed by atoms with E-state index in [1.54, 1.807) is 4.90 Å². The van der Waals surface area contributed by atoms with Gasteiger partial charge in [-0.1, -0.05) is 0 Å². The Labute approximate surface area is 165 Å². The first-order valence-corrected chi connectivity index (χ1v) is 8.89. The number of nitrogens with zero attached hydrogens (tertiary/aromatic N) is 5. The quantitative estimate of drug-likeness (QED) is 0.441. The molecule has 1 aliphatic rings. The third kappa shape index (κ3) is 4.92. The number of carbonyl (C=O) groups excluding carboxylic acids is 1. The number of aliphatic hydroxyl groups excluding tert-OH is 1. The van der Waals surface area contributed by atoms with Crippen molar-refractivity contribution >= 4 is 23.2 Å². The predicted molar refractivity (Wildman–Crippen MR) is 102 cm³/mol. The van der Waals surface area contributed by atoms with Crippen LogP contribution in [-0.4, -0.2) is 70.1 Å². The Morgan fingerprint density at radius 1 is 1.21 bits per heavy atom. The van der Waals surface area contributed by atoms with Crippen molar-refractivity contribution in [3.8, 4) is 0 Å². The molecule has 1 saturated heterocycles. The summed E-state index contributed by atoms with van der Waals surface area (Å²) in [6.07, 6.45) is 1.18. The molecule has 11 nitrogen and oxygen atoms in total. The van der Waals surface area contributed by atoms with E-state index in [-0.39, 0.29) is 29.5 Å². The maximum absolute atomic E-state index is 13.0. The number of nitro groups is 1. The molecule has 0 bridgehead atoms. The topological polar surface area (TPSA) is 137 Å². The van der Waals surface area contributed by atoms with Crippen LogP contribution in [0.15, 0.2) is 30.6 Å². The van der Waals surface area contributed by atoms with E-state index in [0.29, 0.717) is 32.7 Å². The molecule has 0 aliphatic carbocycles. The second-order valence-electron chi connectivity index (χ2n) is 6.29. The highest BCUT2D eigenvalue weighted by Crippen LogP contribution is 2.31. The van der Waals surface area contributed by atoms with Crippen LogP contribution in [-0.2, 0) is 0 Å². The van der Waals surface area contributed by atoms with Gasteiger partial charge in [0.2, 0.25) is 11.6 Å². The van der Waals surface area contributed by atoms with E-state index in [1.165, 1.54) is 18.5 Å². The van der Waals surface area contributed by atoms with Gasteiger partial charge in [0.05, 0.1) is 11.5 Å². The van der Waals surface area contributed by atoms with Gasteiger partial charge in [0, 0.05) is 38.3 Å². The maximum atomic E-state index is 13.0. The van der Waals surface area contributed by atoms with E-state index in [1.807, 2.05) is 4.90 Å². The van der Waals surface area contributed by atoms with Crippen molar-refractivity contribution in [2.45, 2.75) is 0 Å². The van der Waals surface area contributed by atoms with Crippen LogP contribution >= 0.6 is 0 Å². The number of nitrogens with one attached hydrogen (secondary N) is 2. The summed E-state index contributed by atoms with van der Waals surface area (Å²) in [5.41, 5.74) is 4.60. The number of hydrogen-bond donors (Lipinski definition) is 3. The normalized spacial score (nSPS) is 14.5. The summed E-state index contributed by atoms with van der Waals surface area (Å²) >= 11 is 0. The average Bonchev–Trinajstić information content (AvgIpc) is 2.73. The van der Waals surface area contributed by atoms with Crippen LogP contribution < -0.4 is 15.8 Å². The lowest BCUT2D eigenvalue weighted by Gasteiger charge is -2.34. The third-order valence-corrected chi connectivity index (χ3v) is 4.47. The van der Waals surface area contributed by atoms with E-state index >= 15 is 0 Å². The van der Waals surface area contributed by atoms with E-state index in [9.17, 15) is 19.3 Å². The van der Waals surface area contributed by atoms with Gasteiger partial charge in [-0.05, 0) is 24.3 Å². The molecule has 3 rings (SSSR count). The molecule has 0 spiro atoms. The number of β-amino-alcohol motifs (C(OH)–C–C–N with tert-alkyl or cyclic N) is 1. The summed E-state index contributed by atoms with van der Waals surface area (Å²) < 4.78 is 13.0. The molecule has 1 fully saturated rings. The Morgan fingerprint density at radius 3 is 2.52 bits per heavy atom. The molecule has 2 heterocycles. The van der Waals surface area contributed by atoms with Crippen LogP contribution in [0.1, 0.15) is 10.4 Å². The van der Waals surface area contributed by atoms with E-state index in [2.05, 4.69) is 20.8 Å². The standard InChI is InChI=1S/C17H20FN7O4/c18-13-3-1-12(2-4-13)17(27)22-21-15-14(25(28)29)16(20-11-19-15)24-7-5-23(6-8-24)9-10-26/h1-4,11,26H,5-10H2,(H,22,27)(H,19,20,21). The van der Waals surface area contributed by atoms with Crippen molar-refractivity contribution in [2.24, 2.45) is 0 Å². The molecule has 12 heteroatoms. The molecule has 29 heavy (non-hydrogen) atoms. The first kappa shape index (κ1) is 20.4. The lowest BCUT2D eigenvalue weighted by atomic mass is 10.2. The van der Waals surface area contributed by atoms with Gasteiger partial charge in [0.25, 0.3) is 5.91 Å². The van der Waals surface area contributed by atoms with E-state index < -0.39 is 16.6 Å². The molecule has 1 amide bonds. The van der Waals surface area contributed by atoms with Crippen molar-refractivity contribution in [3.63, 3.8) is 0 Å². The number of aromatic nitrogens is 2. The third-order valence-electron chi connectivity index (χ3n) is 4.47. The second kappa shape index (κ2) is 9.21. The number of hydrazine groups is 1. The number of rotatable bonds is 7. The van der Waals surface area contributed by atoms with Gasteiger partial charge >= 0.3 is 5.69 Å². The van der Waals surface area contributed by atoms with Crippen LogP contribution in [0.5, 0.6) is 0 Å². The van der Waals surface area contributed by atoms with Crippen LogP contribution in [0.3, 0.4) is 0 Å². The van der Waals surface area contributed by atoms with E-state index in [4.69, 9.17) is 5.11 Å². The second-order valence-corrected chi connectivity index (χ2v) is 6.29. The fraction of sp³-hybridized carbons (Fsp3) is 0.353. The fourth-order valence-corrected chi connectivity index (χ4v) is 2.97. The van der Waals surface area contributed by atoms with Gasteiger partial charge in [-0.25, -0.2) is 14.4 Å². The number of carbonyl (C=O) groups is 1. The Kier molecular flexibility index (Phi) is 6.46. The summed E-state index contributed by atoms with van der Waals surface area (Å²) in [6, 6.07) is 4.85. The largest absolute Gasteiger partial charge is 0.395 e. The molecule has 0 saturated carbocycles. The van der Waals surface area contributed by atoms with Crippen LogP contribution in [0.25, 0.3) is 0 Å². The van der Waals surface area contributed by atoms with Gasteiger partial charge < -0.3 is 10.0 Å². The highest BCUT2D eigenvalue weighted by molar-refractivity contribution is 5.95. The molecule has 0 radical (unpaired) electrons. The number of amides is 1. The van der Waals surface area contributed by atoms with Gasteiger partial charge in [-0.3, -0.25) is 30.7 Å².